The average Bonchev–Trinajstić information content (AvgIpc) is 2.30. The minimum atomic E-state index is -0.463. The number of allylic oxidation sites excluding steroid dienone is 1. The van der Waals surface area contributed by atoms with Crippen molar-refractivity contribution >= 4 is 22.9 Å². The molecule has 4 heteroatoms. The van der Waals surface area contributed by atoms with Gasteiger partial charge in [0, 0.05) is 17.3 Å². The lowest BCUT2D eigenvalue weighted by molar-refractivity contribution is -0.108. The zero-order chi connectivity index (χ0) is 12.0. The molecule has 16 heavy (non-hydrogen) atoms. The fraction of sp³-hybridized carbons (Fsp3) is 0.0833. The molecular formula is C12H12ClNO2. The Morgan fingerprint density at radius 2 is 2.06 bits per heavy atom. The second-order valence-corrected chi connectivity index (χ2v) is 3.49. The van der Waals surface area contributed by atoms with Crippen LogP contribution in [0, 0.1) is 0 Å². The Bertz CT molecular complexity index is 415. The Hall–Kier alpha value is -1.74. The van der Waals surface area contributed by atoms with Crippen LogP contribution in [0.4, 0.5) is 0 Å². The third-order valence-corrected chi connectivity index (χ3v) is 2.08. The van der Waals surface area contributed by atoms with Crippen LogP contribution in [0.25, 0.3) is 6.08 Å². The molecule has 2 rings (SSSR count). The number of para-hydroxylation sites is 1. The number of rotatable bonds is 1. The maximum absolute atomic E-state index is 9.81. The molecule has 1 aliphatic heterocycles. The van der Waals surface area contributed by atoms with Gasteiger partial charge in [-0.2, -0.15) is 0 Å². The van der Waals surface area contributed by atoms with Gasteiger partial charge in [0.25, 0.3) is 0 Å². The number of halogens is 1. The molecule has 1 N–H and O–H groups in total. The number of hydrogen-bond acceptors (Lipinski definition) is 3. The second kappa shape index (κ2) is 5.98. The number of hydroxylamine groups is 1. The molecule has 0 aliphatic carbocycles. The number of carbonyl (C=O) groups is 1. The first-order valence-electron chi connectivity index (χ1n) is 4.64. The summed E-state index contributed by atoms with van der Waals surface area (Å²) in [6.45, 7) is 4.84. The summed E-state index contributed by atoms with van der Waals surface area (Å²) in [5.41, 5.74) is 4.16. The van der Waals surface area contributed by atoms with Crippen molar-refractivity contribution < 1.29 is 9.63 Å². The van der Waals surface area contributed by atoms with E-state index in [1.54, 1.807) is 13.1 Å². The molecule has 1 heterocycles. The van der Waals surface area contributed by atoms with Crippen LogP contribution in [-0.2, 0) is 4.79 Å². The molecule has 0 radical (unpaired) electrons. The lowest BCUT2D eigenvalue weighted by atomic mass is 10.2. The molecule has 0 saturated carbocycles. The van der Waals surface area contributed by atoms with Crippen molar-refractivity contribution in [3.05, 3.63) is 48.2 Å². The van der Waals surface area contributed by atoms with Crippen LogP contribution in [-0.4, -0.2) is 5.24 Å². The minimum Gasteiger partial charge on any atom is -0.382 e. The van der Waals surface area contributed by atoms with Crippen molar-refractivity contribution in [3.63, 3.8) is 0 Å². The number of fused-ring (bicyclic) bond motifs is 1. The third kappa shape index (κ3) is 3.79. The van der Waals surface area contributed by atoms with E-state index in [0.29, 0.717) is 5.57 Å². The van der Waals surface area contributed by atoms with Crippen LogP contribution >= 0.6 is 11.6 Å². The van der Waals surface area contributed by atoms with E-state index < -0.39 is 5.24 Å². The van der Waals surface area contributed by atoms with E-state index in [4.69, 9.17) is 16.4 Å². The summed E-state index contributed by atoms with van der Waals surface area (Å²) in [5, 5.41) is -0.463. The highest BCUT2D eigenvalue weighted by Crippen LogP contribution is 2.20. The van der Waals surface area contributed by atoms with Gasteiger partial charge in [0.05, 0.1) is 0 Å². The third-order valence-electron chi connectivity index (χ3n) is 1.75. The molecule has 0 fully saturated rings. The van der Waals surface area contributed by atoms with E-state index in [1.807, 2.05) is 30.3 Å². The van der Waals surface area contributed by atoms with Gasteiger partial charge in [-0.05, 0) is 30.7 Å². The van der Waals surface area contributed by atoms with Gasteiger partial charge in [-0.3, -0.25) is 4.79 Å². The molecule has 1 aliphatic rings. The molecule has 0 spiro atoms. The highest BCUT2D eigenvalue weighted by atomic mass is 35.5. The van der Waals surface area contributed by atoms with Crippen LogP contribution in [0.5, 0.6) is 5.75 Å². The maximum Gasteiger partial charge on any atom is 0.247 e. The Kier molecular flexibility index (Phi) is 4.61. The molecule has 0 amide bonds. The summed E-state index contributed by atoms with van der Waals surface area (Å²) in [7, 11) is 0. The van der Waals surface area contributed by atoms with Gasteiger partial charge in [-0.25, -0.2) is 5.48 Å². The van der Waals surface area contributed by atoms with Gasteiger partial charge >= 0.3 is 0 Å². The van der Waals surface area contributed by atoms with Crippen LogP contribution < -0.4 is 10.3 Å². The fourth-order valence-electron chi connectivity index (χ4n) is 0.932. The summed E-state index contributed by atoms with van der Waals surface area (Å²) >= 11 is 4.87. The normalized spacial score (nSPS) is 11.1. The van der Waals surface area contributed by atoms with E-state index in [-0.39, 0.29) is 0 Å². The number of benzene rings is 1. The van der Waals surface area contributed by atoms with E-state index in [1.165, 1.54) is 0 Å². The predicted molar refractivity (Wildman–Crippen MR) is 64.9 cm³/mol. The van der Waals surface area contributed by atoms with E-state index in [9.17, 15) is 4.79 Å². The molecule has 84 valence electrons. The van der Waals surface area contributed by atoms with Crippen molar-refractivity contribution in [1.82, 2.24) is 5.48 Å². The largest absolute Gasteiger partial charge is 0.382 e. The molecule has 0 bridgehead atoms. The van der Waals surface area contributed by atoms with E-state index in [0.717, 1.165) is 11.3 Å². The molecule has 1 aromatic carbocycles. The second-order valence-electron chi connectivity index (χ2n) is 3.15. The topological polar surface area (TPSA) is 38.3 Å². The molecule has 0 aromatic heterocycles. The van der Waals surface area contributed by atoms with Crippen molar-refractivity contribution in [2.24, 2.45) is 0 Å². The lowest BCUT2D eigenvalue weighted by Crippen LogP contribution is -2.13. The SMILES string of the molecule is C1=Cc2ccccc2ON1.C=C(C)C(=O)Cl. The number of nitrogens with one attached hydrogen (secondary N) is 1. The number of hydrogen-bond donors (Lipinski definition) is 1. The average molecular weight is 238 g/mol. The Labute approximate surface area is 99.3 Å². The first kappa shape index (κ1) is 12.3. The van der Waals surface area contributed by atoms with Crippen LogP contribution in [0.1, 0.15) is 12.5 Å². The van der Waals surface area contributed by atoms with Gasteiger partial charge < -0.3 is 4.84 Å². The summed E-state index contributed by atoms with van der Waals surface area (Å²) in [6.07, 6.45) is 3.74. The Balaban J connectivity index is 0.000000187. The summed E-state index contributed by atoms with van der Waals surface area (Å²) in [5.74, 6) is 0.880. The van der Waals surface area contributed by atoms with Crippen molar-refractivity contribution in [2.45, 2.75) is 6.92 Å². The highest BCUT2D eigenvalue weighted by Gasteiger charge is 2.01. The molecule has 0 atom stereocenters. The summed E-state index contributed by atoms with van der Waals surface area (Å²) in [4.78, 5) is 14.9. The van der Waals surface area contributed by atoms with Gasteiger partial charge in [0.2, 0.25) is 5.24 Å². The van der Waals surface area contributed by atoms with Crippen molar-refractivity contribution in [3.8, 4) is 5.75 Å². The van der Waals surface area contributed by atoms with Gasteiger partial charge in [0.15, 0.2) is 5.75 Å². The van der Waals surface area contributed by atoms with Gasteiger partial charge in [-0.1, -0.05) is 24.8 Å². The molecule has 3 nitrogen and oxygen atoms in total. The molecule has 0 saturated heterocycles. The predicted octanol–water partition coefficient (Wildman–Crippen LogP) is 2.88. The first-order chi connectivity index (χ1) is 7.61. The molecule has 0 unspecified atom stereocenters. The monoisotopic (exact) mass is 237 g/mol. The van der Waals surface area contributed by atoms with E-state index >= 15 is 0 Å². The van der Waals surface area contributed by atoms with Crippen LogP contribution in [0.2, 0.25) is 0 Å². The van der Waals surface area contributed by atoms with Gasteiger partial charge in [-0.15, -0.1) is 0 Å². The zero-order valence-corrected chi connectivity index (χ0v) is 9.62. The Morgan fingerprint density at radius 3 is 2.62 bits per heavy atom. The zero-order valence-electron chi connectivity index (χ0n) is 8.87. The molecular weight excluding hydrogens is 226 g/mol. The van der Waals surface area contributed by atoms with Crippen LogP contribution in [0.15, 0.2) is 42.6 Å². The fourth-order valence-corrected chi connectivity index (χ4v) is 0.932. The number of carbonyl (C=O) groups excluding carboxylic acids is 1. The highest BCUT2D eigenvalue weighted by molar-refractivity contribution is 6.67. The quantitative estimate of drug-likeness (QED) is 0.603. The first-order valence-corrected chi connectivity index (χ1v) is 5.02. The minimum absolute atomic E-state index is 0.386. The van der Waals surface area contributed by atoms with E-state index in [2.05, 4.69) is 12.1 Å². The van der Waals surface area contributed by atoms with Crippen molar-refractivity contribution in [1.29, 1.82) is 0 Å². The summed E-state index contributed by atoms with van der Waals surface area (Å²) < 4.78 is 0. The lowest BCUT2D eigenvalue weighted by Gasteiger charge is -2.11. The van der Waals surface area contributed by atoms with Gasteiger partial charge in [0.1, 0.15) is 0 Å². The Morgan fingerprint density at radius 1 is 1.44 bits per heavy atom. The van der Waals surface area contributed by atoms with Crippen LogP contribution in [0.3, 0.4) is 0 Å². The standard InChI is InChI=1S/C8H7NO.C4H5ClO/c1-2-4-8-7(3-1)5-6-9-10-8;1-3(2)4(5)6/h1-6,9H;1H2,2H3. The molecule has 1 aromatic rings. The van der Waals surface area contributed by atoms with Crippen molar-refractivity contribution in [2.75, 3.05) is 0 Å². The summed E-state index contributed by atoms with van der Waals surface area (Å²) in [6, 6.07) is 7.86. The maximum atomic E-state index is 9.81. The smallest absolute Gasteiger partial charge is 0.247 e.